The zero-order chi connectivity index (χ0) is 23.3. The van der Waals surface area contributed by atoms with E-state index in [1.165, 1.54) is 13.2 Å². The van der Waals surface area contributed by atoms with Crippen LogP contribution in [-0.2, 0) is 16.1 Å². The largest absolute Gasteiger partial charge is 0.488 e. The molecular weight excluding hydrogens is 476 g/mol. The molecule has 3 aromatic rings. The fourth-order valence-electron chi connectivity index (χ4n) is 3.46. The Morgan fingerprint density at radius 1 is 1.12 bits per heavy atom. The second-order valence-corrected chi connectivity index (χ2v) is 8.48. The van der Waals surface area contributed by atoms with Crippen molar-refractivity contribution in [3.8, 4) is 5.75 Å². The van der Waals surface area contributed by atoms with Gasteiger partial charge < -0.3 is 13.9 Å². The topological polar surface area (TPSA) is 82.8 Å². The monoisotopic (exact) mass is 500 g/mol. The Kier molecular flexibility index (Phi) is 7.85. The molecular formula is C25H25BrO6. The van der Waals surface area contributed by atoms with Crippen molar-refractivity contribution >= 4 is 38.7 Å². The summed E-state index contributed by atoms with van der Waals surface area (Å²) in [4.78, 5) is 37.9. The van der Waals surface area contributed by atoms with Crippen LogP contribution >= 0.6 is 15.9 Å². The number of ketones is 1. The number of halogens is 1. The smallest absolute Gasteiger partial charge is 0.309 e. The average Bonchev–Trinajstić information content (AvgIpc) is 2.80. The number of ether oxygens (including phenoxy) is 2. The predicted molar refractivity (Wildman–Crippen MR) is 125 cm³/mol. The van der Waals surface area contributed by atoms with Gasteiger partial charge in [-0.3, -0.25) is 14.4 Å². The first-order valence-electron chi connectivity index (χ1n) is 10.4. The molecule has 0 fully saturated rings. The second kappa shape index (κ2) is 10.6. The van der Waals surface area contributed by atoms with Crippen LogP contribution in [-0.4, -0.2) is 18.9 Å². The van der Waals surface area contributed by atoms with E-state index in [1.54, 1.807) is 18.2 Å². The molecule has 0 aliphatic carbocycles. The molecule has 0 aliphatic rings. The SMILES string of the molecule is CCC(C)[C@H](CC(=O)c1cc(=O)c2c(OCc3ccccc3Br)cccc2o1)C(=O)OC. The van der Waals surface area contributed by atoms with E-state index < -0.39 is 17.7 Å². The molecule has 32 heavy (non-hydrogen) atoms. The van der Waals surface area contributed by atoms with E-state index in [0.29, 0.717) is 12.2 Å². The normalized spacial score (nSPS) is 12.9. The maximum Gasteiger partial charge on any atom is 0.309 e. The maximum atomic E-state index is 12.9. The van der Waals surface area contributed by atoms with Gasteiger partial charge in [0.1, 0.15) is 23.3 Å². The van der Waals surface area contributed by atoms with E-state index in [0.717, 1.165) is 10.0 Å². The summed E-state index contributed by atoms with van der Waals surface area (Å²) in [5.41, 5.74) is 0.804. The summed E-state index contributed by atoms with van der Waals surface area (Å²) in [5.74, 6) is -1.22. The lowest BCUT2D eigenvalue weighted by Gasteiger charge is -2.19. The van der Waals surface area contributed by atoms with E-state index in [1.807, 2.05) is 38.1 Å². The lowest BCUT2D eigenvalue weighted by atomic mass is 9.87. The molecule has 7 heteroatoms. The molecule has 0 saturated carbocycles. The number of esters is 1. The highest BCUT2D eigenvalue weighted by atomic mass is 79.9. The third-order valence-corrected chi connectivity index (χ3v) is 6.35. The van der Waals surface area contributed by atoms with Crippen LogP contribution < -0.4 is 10.2 Å². The number of benzene rings is 2. The van der Waals surface area contributed by atoms with E-state index in [-0.39, 0.29) is 41.1 Å². The zero-order valence-electron chi connectivity index (χ0n) is 18.2. The summed E-state index contributed by atoms with van der Waals surface area (Å²) in [5, 5.41) is 0.266. The van der Waals surface area contributed by atoms with Gasteiger partial charge in [-0.2, -0.15) is 0 Å². The minimum Gasteiger partial charge on any atom is -0.488 e. The Bertz CT molecular complexity index is 1180. The third-order valence-electron chi connectivity index (χ3n) is 5.57. The van der Waals surface area contributed by atoms with Crippen molar-refractivity contribution in [3.05, 3.63) is 74.6 Å². The number of carbonyl (C=O) groups excluding carboxylic acids is 2. The first kappa shape index (κ1) is 23.7. The average molecular weight is 501 g/mol. The van der Waals surface area contributed by atoms with E-state index in [4.69, 9.17) is 13.9 Å². The van der Waals surface area contributed by atoms with E-state index in [2.05, 4.69) is 15.9 Å². The highest BCUT2D eigenvalue weighted by Crippen LogP contribution is 2.27. The van der Waals surface area contributed by atoms with Crippen molar-refractivity contribution in [1.82, 2.24) is 0 Å². The molecule has 1 aromatic heterocycles. The molecule has 0 saturated heterocycles. The molecule has 1 unspecified atom stereocenters. The van der Waals surface area contributed by atoms with E-state index >= 15 is 0 Å². The first-order valence-corrected chi connectivity index (χ1v) is 11.2. The highest BCUT2D eigenvalue weighted by Gasteiger charge is 2.29. The minimum atomic E-state index is -0.600. The van der Waals surface area contributed by atoms with E-state index in [9.17, 15) is 14.4 Å². The van der Waals surface area contributed by atoms with Gasteiger partial charge in [0.2, 0.25) is 0 Å². The molecule has 3 rings (SSSR count). The molecule has 0 N–H and O–H groups in total. The summed E-state index contributed by atoms with van der Waals surface area (Å²) in [6, 6.07) is 13.8. The second-order valence-electron chi connectivity index (χ2n) is 7.63. The summed E-state index contributed by atoms with van der Waals surface area (Å²) in [7, 11) is 1.30. The summed E-state index contributed by atoms with van der Waals surface area (Å²) >= 11 is 3.48. The van der Waals surface area contributed by atoms with Gasteiger partial charge in [0.15, 0.2) is 17.0 Å². The molecule has 168 valence electrons. The molecule has 0 spiro atoms. The van der Waals surface area contributed by atoms with Gasteiger partial charge in [-0.05, 0) is 24.1 Å². The molecule has 6 nitrogen and oxygen atoms in total. The standard InChI is InChI=1S/C25H25BrO6/c1-4-15(2)17(25(29)30-3)12-19(27)23-13-20(28)24-21(10-7-11-22(24)32-23)31-14-16-8-5-6-9-18(16)26/h5-11,13,15,17H,4,12,14H2,1-3H3/t15?,17-/m0/s1. The van der Waals surface area contributed by atoms with Crippen molar-refractivity contribution in [1.29, 1.82) is 0 Å². The predicted octanol–water partition coefficient (Wildman–Crippen LogP) is 5.54. The molecule has 2 atom stereocenters. The van der Waals surface area contributed by atoms with Gasteiger partial charge >= 0.3 is 5.97 Å². The molecule has 2 aromatic carbocycles. The lowest BCUT2D eigenvalue weighted by Crippen LogP contribution is -2.26. The van der Waals surface area contributed by atoms with Crippen molar-refractivity contribution in [2.24, 2.45) is 11.8 Å². The van der Waals surface area contributed by atoms with Gasteiger partial charge in [0.05, 0.1) is 13.0 Å². The van der Waals surface area contributed by atoms with Crippen LogP contribution in [0.3, 0.4) is 0 Å². The highest BCUT2D eigenvalue weighted by molar-refractivity contribution is 9.10. The van der Waals surface area contributed by atoms with Crippen molar-refractivity contribution in [2.45, 2.75) is 33.3 Å². The summed E-state index contributed by atoms with van der Waals surface area (Å²) in [6.07, 6.45) is 0.626. The quantitative estimate of drug-likeness (QED) is 0.283. The van der Waals surface area contributed by atoms with Crippen molar-refractivity contribution in [2.75, 3.05) is 7.11 Å². The molecule has 0 radical (unpaired) electrons. The number of hydrogen-bond acceptors (Lipinski definition) is 6. The van der Waals surface area contributed by atoms with Crippen LogP contribution in [0, 0.1) is 11.8 Å². The number of carbonyl (C=O) groups is 2. The van der Waals surface area contributed by atoms with Crippen molar-refractivity contribution < 1.29 is 23.5 Å². The first-order chi connectivity index (χ1) is 15.3. The Morgan fingerprint density at radius 3 is 2.56 bits per heavy atom. The Labute approximate surface area is 194 Å². The summed E-state index contributed by atoms with van der Waals surface area (Å²) in [6.45, 7) is 4.09. The van der Waals surface area contributed by atoms with Crippen LogP contribution in [0.1, 0.15) is 42.8 Å². The molecule has 0 bridgehead atoms. The van der Waals surface area contributed by atoms with Gasteiger partial charge in [-0.15, -0.1) is 0 Å². The number of Topliss-reactive ketones (excluding diaryl/α,β-unsaturated/α-hetero) is 1. The number of hydrogen-bond donors (Lipinski definition) is 0. The number of fused-ring (bicyclic) bond motifs is 1. The van der Waals surface area contributed by atoms with Gasteiger partial charge in [-0.1, -0.05) is 60.5 Å². The van der Waals surface area contributed by atoms with Crippen LogP contribution in [0.25, 0.3) is 11.0 Å². The third kappa shape index (κ3) is 5.27. The van der Waals surface area contributed by atoms with Crippen LogP contribution in [0.4, 0.5) is 0 Å². The fraction of sp³-hybridized carbons (Fsp3) is 0.320. The van der Waals surface area contributed by atoms with Gasteiger partial charge in [0.25, 0.3) is 0 Å². The van der Waals surface area contributed by atoms with Crippen molar-refractivity contribution in [3.63, 3.8) is 0 Å². The Hall–Kier alpha value is -2.93. The van der Waals surface area contributed by atoms with Crippen LogP contribution in [0.5, 0.6) is 5.75 Å². The molecule has 0 amide bonds. The molecule has 1 heterocycles. The minimum absolute atomic E-state index is 0.0455. The molecule has 0 aliphatic heterocycles. The van der Waals surface area contributed by atoms with Gasteiger partial charge in [-0.25, -0.2) is 0 Å². The number of methoxy groups -OCH3 is 1. The summed E-state index contributed by atoms with van der Waals surface area (Å²) < 4.78 is 17.4. The number of rotatable bonds is 9. The van der Waals surface area contributed by atoms with Gasteiger partial charge in [0, 0.05) is 22.5 Å². The van der Waals surface area contributed by atoms with Crippen LogP contribution in [0.2, 0.25) is 0 Å². The van der Waals surface area contributed by atoms with Crippen LogP contribution in [0.15, 0.2) is 62.2 Å². The Morgan fingerprint density at radius 2 is 1.88 bits per heavy atom. The lowest BCUT2D eigenvalue weighted by molar-refractivity contribution is -0.147. The maximum absolute atomic E-state index is 12.9. The zero-order valence-corrected chi connectivity index (χ0v) is 19.8. The fourth-order valence-corrected chi connectivity index (χ4v) is 3.86. The Balaban J connectivity index is 1.88.